The average molecular weight is 394 g/mol. The number of aryl methyl sites for hydroxylation is 1. The van der Waals surface area contributed by atoms with Crippen molar-refractivity contribution in [2.24, 2.45) is 5.92 Å². The third-order valence-corrected chi connectivity index (χ3v) is 5.60. The summed E-state index contributed by atoms with van der Waals surface area (Å²) in [5.41, 5.74) is 3.20. The predicted molar refractivity (Wildman–Crippen MR) is 109 cm³/mol. The van der Waals surface area contributed by atoms with Gasteiger partial charge in [0.25, 0.3) is 0 Å². The summed E-state index contributed by atoms with van der Waals surface area (Å²) in [6.45, 7) is 4.00. The van der Waals surface area contributed by atoms with E-state index >= 15 is 0 Å². The van der Waals surface area contributed by atoms with Gasteiger partial charge in [0.05, 0.1) is 6.42 Å². The van der Waals surface area contributed by atoms with Crippen LogP contribution in [0, 0.1) is 12.8 Å². The van der Waals surface area contributed by atoms with Crippen molar-refractivity contribution >= 4 is 11.8 Å². The molecule has 0 unspecified atom stereocenters. The van der Waals surface area contributed by atoms with Gasteiger partial charge in [-0.05, 0) is 43.0 Å². The van der Waals surface area contributed by atoms with E-state index in [1.54, 1.807) is 0 Å². The van der Waals surface area contributed by atoms with E-state index in [0.29, 0.717) is 38.9 Å². The van der Waals surface area contributed by atoms with Crippen LogP contribution in [0.2, 0.25) is 0 Å². The van der Waals surface area contributed by atoms with Crippen LogP contribution in [0.5, 0.6) is 11.5 Å². The number of nitrogens with one attached hydrogen (secondary N) is 1. The molecule has 29 heavy (non-hydrogen) atoms. The Balaban J connectivity index is 1.23. The van der Waals surface area contributed by atoms with Gasteiger partial charge in [0, 0.05) is 25.6 Å². The number of nitrogens with zero attached hydrogens (tertiary/aromatic N) is 1. The Morgan fingerprint density at radius 2 is 1.69 bits per heavy atom. The summed E-state index contributed by atoms with van der Waals surface area (Å²) < 4.78 is 10.7. The maximum atomic E-state index is 12.5. The minimum Gasteiger partial charge on any atom is -0.454 e. The SMILES string of the molecule is Cc1ccc(CC(=O)N2CCC(C(=O)NCc3ccc4c(c3)OCO4)CC2)cc1. The zero-order valence-corrected chi connectivity index (χ0v) is 16.6. The first-order chi connectivity index (χ1) is 14.1. The number of benzene rings is 2. The van der Waals surface area contributed by atoms with Gasteiger partial charge in [0.2, 0.25) is 18.6 Å². The lowest BCUT2D eigenvalue weighted by Crippen LogP contribution is -2.43. The van der Waals surface area contributed by atoms with Crippen LogP contribution in [0.25, 0.3) is 0 Å². The van der Waals surface area contributed by atoms with Gasteiger partial charge in [-0.2, -0.15) is 0 Å². The van der Waals surface area contributed by atoms with Gasteiger partial charge >= 0.3 is 0 Å². The van der Waals surface area contributed by atoms with Gasteiger partial charge in [0.1, 0.15) is 0 Å². The summed E-state index contributed by atoms with van der Waals surface area (Å²) >= 11 is 0. The van der Waals surface area contributed by atoms with Gasteiger partial charge in [-0.1, -0.05) is 35.9 Å². The van der Waals surface area contributed by atoms with Gasteiger partial charge in [-0.3, -0.25) is 9.59 Å². The molecule has 152 valence electrons. The fourth-order valence-corrected chi connectivity index (χ4v) is 3.77. The Kier molecular flexibility index (Phi) is 5.69. The molecule has 1 saturated heterocycles. The standard InChI is InChI=1S/C23H26N2O4/c1-16-2-4-17(5-3-16)13-22(26)25-10-8-19(9-11-25)23(27)24-14-18-6-7-20-21(12-18)29-15-28-20/h2-7,12,19H,8-11,13-15H2,1H3,(H,24,27). The van der Waals surface area contributed by atoms with Crippen LogP contribution in [0.1, 0.15) is 29.5 Å². The Labute approximate surface area is 170 Å². The molecule has 0 atom stereocenters. The van der Waals surface area contributed by atoms with Crippen molar-refractivity contribution < 1.29 is 19.1 Å². The number of hydrogen-bond acceptors (Lipinski definition) is 4. The van der Waals surface area contributed by atoms with Gasteiger partial charge in [0.15, 0.2) is 11.5 Å². The Hall–Kier alpha value is -3.02. The molecular weight excluding hydrogens is 368 g/mol. The molecule has 2 aromatic carbocycles. The third kappa shape index (κ3) is 4.70. The Morgan fingerprint density at radius 3 is 2.45 bits per heavy atom. The van der Waals surface area contributed by atoms with E-state index in [1.807, 2.05) is 54.3 Å². The number of likely N-dealkylation sites (tertiary alicyclic amines) is 1. The van der Waals surface area contributed by atoms with E-state index in [4.69, 9.17) is 9.47 Å². The van der Waals surface area contributed by atoms with Gasteiger partial charge in [-0.15, -0.1) is 0 Å². The van der Waals surface area contributed by atoms with Crippen molar-refractivity contribution in [1.29, 1.82) is 0 Å². The van der Waals surface area contributed by atoms with Crippen LogP contribution < -0.4 is 14.8 Å². The highest BCUT2D eigenvalue weighted by Crippen LogP contribution is 2.32. The summed E-state index contributed by atoms with van der Waals surface area (Å²) in [6.07, 6.45) is 1.82. The number of carbonyl (C=O) groups is 2. The van der Waals surface area contributed by atoms with Gasteiger partial charge < -0.3 is 19.7 Å². The lowest BCUT2D eigenvalue weighted by Gasteiger charge is -2.31. The summed E-state index contributed by atoms with van der Waals surface area (Å²) in [5, 5.41) is 3.01. The molecule has 1 fully saturated rings. The molecule has 0 saturated carbocycles. The minimum atomic E-state index is -0.0487. The molecule has 0 bridgehead atoms. The highest BCUT2D eigenvalue weighted by Gasteiger charge is 2.27. The first-order valence-corrected chi connectivity index (χ1v) is 10.1. The number of amides is 2. The van der Waals surface area contributed by atoms with Crippen molar-refractivity contribution in [3.8, 4) is 11.5 Å². The molecule has 0 aromatic heterocycles. The zero-order valence-electron chi connectivity index (χ0n) is 16.6. The van der Waals surface area contributed by atoms with Crippen LogP contribution >= 0.6 is 0 Å². The molecule has 2 aromatic rings. The zero-order chi connectivity index (χ0) is 20.2. The fourth-order valence-electron chi connectivity index (χ4n) is 3.77. The molecule has 2 amide bonds. The van der Waals surface area contributed by atoms with Crippen molar-refractivity contribution in [1.82, 2.24) is 10.2 Å². The quantitative estimate of drug-likeness (QED) is 0.847. The normalized spacial score (nSPS) is 16.0. The molecule has 6 heteroatoms. The first kappa shape index (κ1) is 19.3. The molecule has 2 aliphatic rings. The summed E-state index contributed by atoms with van der Waals surface area (Å²) in [7, 11) is 0. The highest BCUT2D eigenvalue weighted by atomic mass is 16.7. The molecule has 2 heterocycles. The summed E-state index contributed by atoms with van der Waals surface area (Å²) in [6, 6.07) is 13.8. The molecule has 0 radical (unpaired) electrons. The predicted octanol–water partition coefficient (Wildman–Crippen LogP) is 2.82. The Bertz CT molecular complexity index is 886. The van der Waals surface area contributed by atoms with Crippen molar-refractivity contribution in [3.63, 3.8) is 0 Å². The second-order valence-corrected chi connectivity index (χ2v) is 7.72. The topological polar surface area (TPSA) is 67.9 Å². The number of ether oxygens (including phenoxy) is 2. The monoisotopic (exact) mass is 394 g/mol. The molecule has 4 rings (SSSR count). The second-order valence-electron chi connectivity index (χ2n) is 7.72. The molecule has 0 aliphatic carbocycles. The maximum absolute atomic E-state index is 12.5. The van der Waals surface area contributed by atoms with E-state index in [2.05, 4.69) is 5.32 Å². The van der Waals surface area contributed by atoms with E-state index in [9.17, 15) is 9.59 Å². The van der Waals surface area contributed by atoms with Gasteiger partial charge in [-0.25, -0.2) is 0 Å². The van der Waals surface area contributed by atoms with Crippen molar-refractivity contribution in [3.05, 3.63) is 59.2 Å². The minimum absolute atomic E-state index is 0.0487. The Morgan fingerprint density at radius 1 is 1.00 bits per heavy atom. The average Bonchev–Trinajstić information content (AvgIpc) is 3.21. The van der Waals surface area contributed by atoms with Crippen LogP contribution in [0.15, 0.2) is 42.5 Å². The number of rotatable bonds is 5. The highest BCUT2D eigenvalue weighted by molar-refractivity contribution is 5.81. The van der Waals surface area contributed by atoms with Crippen molar-refractivity contribution in [2.75, 3.05) is 19.9 Å². The molecule has 1 N–H and O–H groups in total. The number of fused-ring (bicyclic) bond motifs is 1. The van der Waals surface area contributed by atoms with Crippen molar-refractivity contribution in [2.45, 2.75) is 32.7 Å². The first-order valence-electron chi connectivity index (χ1n) is 10.1. The second kappa shape index (κ2) is 8.55. The largest absolute Gasteiger partial charge is 0.454 e. The van der Waals surface area contributed by atoms with E-state index in [0.717, 1.165) is 22.6 Å². The molecule has 0 spiro atoms. The smallest absolute Gasteiger partial charge is 0.231 e. The van der Waals surface area contributed by atoms with Crippen LogP contribution in [-0.4, -0.2) is 36.6 Å². The van der Waals surface area contributed by atoms with E-state index < -0.39 is 0 Å². The molecular formula is C23H26N2O4. The molecule has 6 nitrogen and oxygen atoms in total. The summed E-state index contributed by atoms with van der Waals surface area (Å²) in [5.74, 6) is 1.59. The third-order valence-electron chi connectivity index (χ3n) is 5.60. The van der Waals surface area contributed by atoms with Crippen LogP contribution in [-0.2, 0) is 22.6 Å². The summed E-state index contributed by atoms with van der Waals surface area (Å²) in [4.78, 5) is 26.9. The fraction of sp³-hybridized carbons (Fsp3) is 0.391. The lowest BCUT2D eigenvalue weighted by molar-refractivity contribution is -0.135. The number of piperidine rings is 1. The molecule has 2 aliphatic heterocycles. The maximum Gasteiger partial charge on any atom is 0.231 e. The van der Waals surface area contributed by atoms with Crippen LogP contribution in [0.4, 0.5) is 0 Å². The van der Waals surface area contributed by atoms with Crippen LogP contribution in [0.3, 0.4) is 0 Å². The lowest BCUT2D eigenvalue weighted by atomic mass is 9.95. The number of hydrogen-bond donors (Lipinski definition) is 1. The van der Waals surface area contributed by atoms with E-state index in [1.165, 1.54) is 5.56 Å². The number of carbonyl (C=O) groups excluding carboxylic acids is 2. The van der Waals surface area contributed by atoms with E-state index in [-0.39, 0.29) is 24.5 Å².